The number of rotatable bonds is 8. The van der Waals surface area contributed by atoms with Gasteiger partial charge in [-0.2, -0.15) is 8.78 Å². The lowest BCUT2D eigenvalue weighted by molar-refractivity contribution is -0.188. The van der Waals surface area contributed by atoms with E-state index in [1.807, 2.05) is 0 Å². The largest absolute Gasteiger partial charge is 0.364 e. The fourth-order valence-electron chi connectivity index (χ4n) is 3.36. The summed E-state index contributed by atoms with van der Waals surface area (Å²) in [5.74, 6) is -4.61. The minimum atomic E-state index is -4.23. The van der Waals surface area contributed by atoms with Gasteiger partial charge in [0.2, 0.25) is 0 Å². The molecule has 1 unspecified atom stereocenters. The van der Waals surface area contributed by atoms with Gasteiger partial charge in [-0.3, -0.25) is 0 Å². The molecule has 0 fully saturated rings. The number of allylic oxidation sites excluding steroid dienone is 2. The molecule has 0 saturated heterocycles. The molecule has 3 N–H and O–H groups in total. The van der Waals surface area contributed by atoms with Gasteiger partial charge in [0.1, 0.15) is 12.4 Å². The number of halogens is 6. The average molecular weight is 437 g/mol. The maximum Gasteiger partial charge on any atom is 0.330 e. The zero-order chi connectivity index (χ0) is 20.4. The first-order valence-corrected chi connectivity index (χ1v) is 8.87. The molecule has 1 atom stereocenters. The number of nitrogens with two attached hydrogens (primary N) is 1. The molecule has 0 radical (unpaired) electrons. The van der Waals surface area contributed by atoms with Crippen molar-refractivity contribution < 1.29 is 26.7 Å². The Bertz CT molecular complexity index is 896. The number of nitrogens with one attached hydrogen (secondary N) is 1. The molecule has 0 aliphatic heterocycles. The van der Waals surface area contributed by atoms with Crippen molar-refractivity contribution in [3.8, 4) is 0 Å². The molecule has 160 valence electrons. The van der Waals surface area contributed by atoms with E-state index in [-0.39, 0.29) is 37.6 Å². The fourth-order valence-corrected chi connectivity index (χ4v) is 3.36. The highest BCUT2D eigenvalue weighted by Crippen LogP contribution is 2.35. The van der Waals surface area contributed by atoms with Crippen LogP contribution >= 0.6 is 12.4 Å². The second-order valence-electron chi connectivity index (χ2n) is 6.98. The molecule has 29 heavy (non-hydrogen) atoms. The topological polar surface area (TPSA) is 51.0 Å². The van der Waals surface area contributed by atoms with Crippen molar-refractivity contribution in [1.82, 2.24) is 4.98 Å². The Morgan fingerprint density at radius 2 is 2.03 bits per heavy atom. The maximum atomic E-state index is 13.4. The Morgan fingerprint density at radius 3 is 2.72 bits per heavy atom. The van der Waals surface area contributed by atoms with Crippen LogP contribution in [-0.4, -0.2) is 36.1 Å². The van der Waals surface area contributed by atoms with Gasteiger partial charge in [-0.1, -0.05) is 23.8 Å². The van der Waals surface area contributed by atoms with Gasteiger partial charge >= 0.3 is 12.3 Å². The summed E-state index contributed by atoms with van der Waals surface area (Å²) < 4.78 is 70.7. The lowest BCUT2D eigenvalue weighted by Gasteiger charge is -2.35. The Hall–Kier alpha value is -1.90. The van der Waals surface area contributed by atoms with Crippen molar-refractivity contribution in [3.63, 3.8) is 0 Å². The van der Waals surface area contributed by atoms with Crippen LogP contribution in [0, 0.1) is 5.82 Å². The molecule has 1 heterocycles. The van der Waals surface area contributed by atoms with Crippen molar-refractivity contribution in [2.45, 2.75) is 37.2 Å². The summed E-state index contributed by atoms with van der Waals surface area (Å²) in [5, 5.41) is 0.809. The molecule has 1 aliphatic carbocycles. The Kier molecular flexibility index (Phi) is 7.48. The molecule has 1 aliphatic rings. The molecule has 0 spiro atoms. The first-order chi connectivity index (χ1) is 13.2. The first kappa shape index (κ1) is 23.4. The number of H-pyrrole nitrogens is 1. The van der Waals surface area contributed by atoms with Gasteiger partial charge in [-0.05, 0) is 36.6 Å². The van der Waals surface area contributed by atoms with Gasteiger partial charge in [0.25, 0.3) is 0 Å². The zero-order valence-electron chi connectivity index (χ0n) is 15.4. The van der Waals surface area contributed by atoms with Crippen LogP contribution in [0.3, 0.4) is 0 Å². The predicted octanol–water partition coefficient (Wildman–Crippen LogP) is 5.16. The van der Waals surface area contributed by atoms with E-state index in [0.29, 0.717) is 11.9 Å². The normalized spacial score (nSPS) is 19.5. The number of alkyl halides is 4. The molecule has 1 aromatic heterocycles. The average Bonchev–Trinajstić information content (AvgIpc) is 3.07. The molecule has 3 nitrogen and oxygen atoms in total. The highest BCUT2D eigenvalue weighted by molar-refractivity contribution is 5.85. The van der Waals surface area contributed by atoms with Crippen LogP contribution in [0.25, 0.3) is 10.9 Å². The van der Waals surface area contributed by atoms with Crippen LogP contribution in [0.15, 0.2) is 48.2 Å². The van der Waals surface area contributed by atoms with Crippen LogP contribution in [0.1, 0.15) is 18.4 Å². The van der Waals surface area contributed by atoms with Gasteiger partial charge in [-0.15, -0.1) is 12.4 Å². The molecule has 3 rings (SSSR count). The van der Waals surface area contributed by atoms with E-state index in [2.05, 4.69) is 4.98 Å². The van der Waals surface area contributed by atoms with Crippen molar-refractivity contribution in [2.24, 2.45) is 5.73 Å². The lowest BCUT2D eigenvalue weighted by Crippen LogP contribution is -2.41. The van der Waals surface area contributed by atoms with Crippen molar-refractivity contribution in [1.29, 1.82) is 0 Å². The smallest absolute Gasteiger partial charge is 0.330 e. The van der Waals surface area contributed by atoms with Crippen molar-refractivity contribution >= 4 is 23.3 Å². The highest BCUT2D eigenvalue weighted by atomic mass is 35.5. The number of aromatic amines is 1. The molecule has 0 bridgehead atoms. The Morgan fingerprint density at radius 1 is 1.28 bits per heavy atom. The summed E-state index contributed by atoms with van der Waals surface area (Å²) in [6, 6.07) is 4.34. The number of hydrogen-bond acceptors (Lipinski definition) is 2. The van der Waals surface area contributed by atoms with E-state index >= 15 is 0 Å². The third-order valence-electron chi connectivity index (χ3n) is 4.94. The lowest BCUT2D eigenvalue weighted by atomic mass is 9.84. The highest BCUT2D eigenvalue weighted by Gasteiger charge is 2.44. The molecule has 2 aromatic rings. The van der Waals surface area contributed by atoms with Gasteiger partial charge in [0, 0.05) is 30.1 Å². The monoisotopic (exact) mass is 436 g/mol. The summed E-state index contributed by atoms with van der Waals surface area (Å²) in [4.78, 5) is 2.97. The van der Waals surface area contributed by atoms with E-state index in [9.17, 15) is 22.0 Å². The SMILES string of the molecule is Cl.NCC1=CC=CC(CCc2c[nH]c3cc(F)ccc23)(OCC(F)(F)C(F)F)C1. The quantitative estimate of drug-likeness (QED) is 0.561. The molecule has 9 heteroatoms. The summed E-state index contributed by atoms with van der Waals surface area (Å²) in [7, 11) is 0. The van der Waals surface area contributed by atoms with Gasteiger partial charge in [0.05, 0.1) is 5.60 Å². The second kappa shape index (κ2) is 9.28. The number of hydrogen-bond donors (Lipinski definition) is 2. The van der Waals surface area contributed by atoms with Crippen molar-refractivity contribution in [2.75, 3.05) is 13.2 Å². The molecule has 1 aromatic carbocycles. The molecule has 0 saturated carbocycles. The van der Waals surface area contributed by atoms with E-state index in [4.69, 9.17) is 10.5 Å². The number of aryl methyl sites for hydroxylation is 1. The number of ether oxygens (including phenoxy) is 1. The molecular weight excluding hydrogens is 415 g/mol. The molecular formula is C20H22ClF5N2O. The maximum absolute atomic E-state index is 13.4. The zero-order valence-corrected chi connectivity index (χ0v) is 16.3. The molecule has 0 amide bonds. The van der Waals surface area contributed by atoms with Crippen LogP contribution in [-0.2, 0) is 11.2 Å². The third-order valence-corrected chi connectivity index (χ3v) is 4.94. The summed E-state index contributed by atoms with van der Waals surface area (Å²) in [6.07, 6.45) is 3.90. The predicted molar refractivity (Wildman–Crippen MR) is 104 cm³/mol. The third kappa shape index (κ3) is 5.38. The minimum absolute atomic E-state index is 0. The van der Waals surface area contributed by atoms with Crippen LogP contribution < -0.4 is 5.73 Å². The van der Waals surface area contributed by atoms with Crippen LogP contribution in [0.5, 0.6) is 0 Å². The van der Waals surface area contributed by atoms with Gasteiger partial charge in [0.15, 0.2) is 0 Å². The standard InChI is InChI=1S/C20H21F5N2O.ClH/c21-15-3-4-16-14(11-27-17(16)8-15)5-7-19(6-1-2-13(9-19)10-26)28-12-20(24,25)18(22)23;/h1-4,6,8,11,18,27H,5,7,9-10,12,26H2;1H. The van der Waals surface area contributed by atoms with Crippen molar-refractivity contribution in [3.05, 3.63) is 59.6 Å². The van der Waals surface area contributed by atoms with E-state index in [1.54, 1.807) is 30.5 Å². The number of benzene rings is 1. The Labute approximate surface area is 171 Å². The van der Waals surface area contributed by atoms with E-state index < -0.39 is 24.6 Å². The minimum Gasteiger partial charge on any atom is -0.364 e. The fraction of sp³-hybridized carbons (Fsp3) is 0.400. The van der Waals surface area contributed by atoms with E-state index in [1.165, 1.54) is 12.1 Å². The summed E-state index contributed by atoms with van der Waals surface area (Å²) in [5.41, 5.74) is 6.77. The summed E-state index contributed by atoms with van der Waals surface area (Å²) in [6.45, 7) is -1.17. The Balaban J connectivity index is 0.00000300. The van der Waals surface area contributed by atoms with E-state index in [0.717, 1.165) is 16.5 Å². The van der Waals surface area contributed by atoms with Crippen LogP contribution in [0.2, 0.25) is 0 Å². The van der Waals surface area contributed by atoms with Gasteiger partial charge < -0.3 is 15.5 Å². The first-order valence-electron chi connectivity index (χ1n) is 8.87. The summed E-state index contributed by atoms with van der Waals surface area (Å²) >= 11 is 0. The second-order valence-corrected chi connectivity index (χ2v) is 6.98. The van der Waals surface area contributed by atoms with Crippen LogP contribution in [0.4, 0.5) is 22.0 Å². The van der Waals surface area contributed by atoms with Gasteiger partial charge in [-0.25, -0.2) is 13.2 Å². The number of fused-ring (bicyclic) bond motifs is 1. The number of aromatic nitrogens is 1.